The summed E-state index contributed by atoms with van der Waals surface area (Å²) in [6.07, 6.45) is 4.74. The Morgan fingerprint density at radius 3 is 2.76 bits per heavy atom. The number of aromatic nitrogens is 1. The average Bonchev–Trinajstić information content (AvgIpc) is 3.46. The van der Waals surface area contributed by atoms with Crippen LogP contribution in [0, 0.1) is 11.7 Å². The maximum atomic E-state index is 14.3. The van der Waals surface area contributed by atoms with Crippen molar-refractivity contribution >= 4 is 29.1 Å². The lowest BCUT2D eigenvalue weighted by molar-refractivity contribution is -0.130. The first-order valence-corrected chi connectivity index (χ1v) is 12.0. The molecular weight excluding hydrogens is 461 g/mol. The molecule has 2 N–H and O–H groups in total. The molecule has 0 spiro atoms. The van der Waals surface area contributed by atoms with Crippen molar-refractivity contribution in [2.45, 2.75) is 49.7 Å². The molecule has 182 valence electrons. The van der Waals surface area contributed by atoms with Crippen LogP contribution < -0.4 is 10.6 Å². The number of Topliss-reactive ketones (excluding diaryl/α,β-unsaturated/α-hetero) is 1. The molecular formula is C24H29ClFN5O3. The molecule has 3 atom stereocenters. The maximum absolute atomic E-state index is 14.3. The number of halogens is 2. The standard InChI is InChI=1S/C24H29ClFN5O3/c1-31-13-15(14-31)24(33)27-19(9-3-2-4-10-20(32)18-11-12-34-30-18)21-22(25)29-23(28-21)16-7-5-6-8-17(16)26/h5-8,11-12,15,19,21-22H,2-4,9-10,13-14H2,1H3,(H,27,33)(H,28,29)/t19-,21?,22?/m0/s1. The highest BCUT2D eigenvalue weighted by Gasteiger charge is 2.38. The molecule has 2 unspecified atom stereocenters. The molecule has 1 saturated heterocycles. The molecule has 34 heavy (non-hydrogen) atoms. The first kappa shape index (κ1) is 24.3. The summed E-state index contributed by atoms with van der Waals surface area (Å²) in [5.74, 6) is -0.0879. The van der Waals surface area contributed by atoms with Gasteiger partial charge in [0.25, 0.3) is 0 Å². The van der Waals surface area contributed by atoms with Gasteiger partial charge in [-0.1, -0.05) is 41.7 Å². The first-order chi connectivity index (χ1) is 16.4. The number of likely N-dealkylation sites (tertiary alicyclic amines) is 1. The summed E-state index contributed by atoms with van der Waals surface area (Å²) in [5.41, 5.74) is 0.0546. The summed E-state index contributed by atoms with van der Waals surface area (Å²) >= 11 is 6.55. The minimum Gasteiger partial charge on any atom is -0.364 e. The Morgan fingerprint density at radius 1 is 1.26 bits per heavy atom. The van der Waals surface area contributed by atoms with Crippen molar-refractivity contribution in [2.75, 3.05) is 20.1 Å². The van der Waals surface area contributed by atoms with Crippen LogP contribution in [0.25, 0.3) is 0 Å². The van der Waals surface area contributed by atoms with Gasteiger partial charge in [0.15, 0.2) is 5.78 Å². The molecule has 0 bridgehead atoms. The van der Waals surface area contributed by atoms with E-state index in [2.05, 4.69) is 25.7 Å². The number of aliphatic imine (C=N–C) groups is 1. The Morgan fingerprint density at radius 2 is 2.06 bits per heavy atom. The van der Waals surface area contributed by atoms with E-state index in [1.54, 1.807) is 24.3 Å². The lowest BCUT2D eigenvalue weighted by Crippen LogP contribution is -2.58. The zero-order valence-electron chi connectivity index (χ0n) is 19.0. The first-order valence-electron chi connectivity index (χ1n) is 11.6. The van der Waals surface area contributed by atoms with Gasteiger partial charge in [0, 0.05) is 25.6 Å². The SMILES string of the molecule is CN1CC(C(=O)N[C@@H](CCCCCC(=O)c2ccon2)C2NC(c3ccccc3F)=NC2Cl)C1. The number of amidine groups is 1. The number of benzene rings is 1. The summed E-state index contributed by atoms with van der Waals surface area (Å²) in [4.78, 5) is 31.4. The minimum atomic E-state index is -0.641. The molecule has 0 radical (unpaired) electrons. The summed E-state index contributed by atoms with van der Waals surface area (Å²) in [5, 5.41) is 10.1. The molecule has 0 aliphatic carbocycles. The summed E-state index contributed by atoms with van der Waals surface area (Å²) < 4.78 is 19.0. The minimum absolute atomic E-state index is 0.00526. The predicted molar refractivity (Wildman–Crippen MR) is 126 cm³/mol. The number of unbranched alkanes of at least 4 members (excludes halogenated alkanes) is 2. The van der Waals surface area contributed by atoms with Crippen molar-refractivity contribution in [3.63, 3.8) is 0 Å². The van der Waals surface area contributed by atoms with Gasteiger partial charge >= 0.3 is 0 Å². The summed E-state index contributed by atoms with van der Waals surface area (Å²) in [6, 6.07) is 7.31. The number of rotatable bonds is 11. The lowest BCUT2D eigenvalue weighted by Gasteiger charge is -2.37. The molecule has 2 aliphatic heterocycles. The van der Waals surface area contributed by atoms with E-state index in [0.717, 1.165) is 25.9 Å². The summed E-state index contributed by atoms with van der Waals surface area (Å²) in [6.45, 7) is 1.45. The Hall–Kier alpha value is -2.78. The van der Waals surface area contributed by atoms with Crippen LogP contribution in [0.1, 0.15) is 48.2 Å². The molecule has 2 aliphatic rings. The van der Waals surface area contributed by atoms with Crippen molar-refractivity contribution in [2.24, 2.45) is 10.9 Å². The molecule has 10 heteroatoms. The number of carbonyl (C=O) groups excluding carboxylic acids is 2. The van der Waals surface area contributed by atoms with Gasteiger partial charge in [0.05, 0.1) is 23.6 Å². The zero-order chi connectivity index (χ0) is 24.1. The molecule has 2 aromatic rings. The Balaban J connectivity index is 1.34. The van der Waals surface area contributed by atoms with Crippen LogP contribution in [-0.4, -0.2) is 65.3 Å². The molecule has 1 fully saturated rings. The number of nitrogens with zero attached hydrogens (tertiary/aromatic N) is 3. The third kappa shape index (κ3) is 5.82. The Labute approximate surface area is 202 Å². The van der Waals surface area contributed by atoms with Crippen LogP contribution in [0.2, 0.25) is 0 Å². The van der Waals surface area contributed by atoms with Crippen LogP contribution in [0.4, 0.5) is 4.39 Å². The normalized spacial score (nSPS) is 21.4. The van der Waals surface area contributed by atoms with E-state index in [4.69, 9.17) is 16.1 Å². The van der Waals surface area contributed by atoms with E-state index in [9.17, 15) is 14.0 Å². The number of nitrogens with one attached hydrogen (secondary N) is 2. The number of alkyl halides is 1. The summed E-state index contributed by atoms with van der Waals surface area (Å²) in [7, 11) is 1.98. The van der Waals surface area contributed by atoms with E-state index < -0.39 is 5.50 Å². The van der Waals surface area contributed by atoms with Gasteiger partial charge in [-0.15, -0.1) is 0 Å². The number of ketones is 1. The number of carbonyl (C=O) groups is 2. The van der Waals surface area contributed by atoms with E-state index >= 15 is 0 Å². The van der Waals surface area contributed by atoms with E-state index in [-0.39, 0.29) is 35.5 Å². The van der Waals surface area contributed by atoms with Crippen molar-refractivity contribution < 1.29 is 18.5 Å². The van der Waals surface area contributed by atoms with Crippen molar-refractivity contribution in [1.82, 2.24) is 20.7 Å². The Bertz CT molecular complexity index is 1030. The quantitative estimate of drug-likeness (QED) is 0.218. The van der Waals surface area contributed by atoms with Gasteiger partial charge in [0.2, 0.25) is 5.91 Å². The predicted octanol–water partition coefficient (Wildman–Crippen LogP) is 2.98. The van der Waals surface area contributed by atoms with Crippen LogP contribution in [0.3, 0.4) is 0 Å². The van der Waals surface area contributed by atoms with Crippen LogP contribution >= 0.6 is 11.6 Å². The fourth-order valence-corrected chi connectivity index (χ4v) is 4.71. The topological polar surface area (TPSA) is 99.8 Å². The third-order valence-corrected chi connectivity index (χ3v) is 6.69. The van der Waals surface area contributed by atoms with Gasteiger partial charge in [0.1, 0.15) is 29.1 Å². The highest BCUT2D eigenvalue weighted by molar-refractivity contribution is 6.23. The number of hydrogen-bond acceptors (Lipinski definition) is 7. The zero-order valence-corrected chi connectivity index (χ0v) is 19.8. The van der Waals surface area contributed by atoms with Gasteiger partial charge in [-0.2, -0.15) is 0 Å². The molecule has 0 saturated carbocycles. The van der Waals surface area contributed by atoms with Crippen molar-refractivity contribution in [1.29, 1.82) is 0 Å². The van der Waals surface area contributed by atoms with Gasteiger partial charge in [-0.05, 0) is 32.0 Å². The fourth-order valence-electron chi connectivity index (χ4n) is 4.38. The van der Waals surface area contributed by atoms with E-state index in [1.807, 2.05) is 7.05 Å². The smallest absolute Gasteiger partial charge is 0.225 e. The maximum Gasteiger partial charge on any atom is 0.225 e. The van der Waals surface area contributed by atoms with E-state index in [0.29, 0.717) is 36.4 Å². The second-order valence-corrected chi connectivity index (χ2v) is 9.39. The average molecular weight is 490 g/mol. The third-order valence-electron chi connectivity index (χ3n) is 6.32. The monoisotopic (exact) mass is 489 g/mol. The lowest BCUT2D eigenvalue weighted by atomic mass is 9.96. The van der Waals surface area contributed by atoms with Gasteiger partial charge in [-0.25, -0.2) is 9.38 Å². The van der Waals surface area contributed by atoms with Gasteiger partial charge in [-0.3, -0.25) is 9.59 Å². The van der Waals surface area contributed by atoms with Crippen LogP contribution in [0.15, 0.2) is 46.1 Å². The van der Waals surface area contributed by atoms with E-state index in [1.165, 1.54) is 12.3 Å². The van der Waals surface area contributed by atoms with Gasteiger partial charge < -0.3 is 20.1 Å². The number of hydrogen-bond donors (Lipinski definition) is 2. The second kappa shape index (κ2) is 11.1. The molecule has 1 aromatic carbocycles. The highest BCUT2D eigenvalue weighted by Crippen LogP contribution is 2.23. The molecule has 4 rings (SSSR count). The second-order valence-electron chi connectivity index (χ2n) is 8.94. The largest absolute Gasteiger partial charge is 0.364 e. The van der Waals surface area contributed by atoms with Crippen molar-refractivity contribution in [3.8, 4) is 0 Å². The van der Waals surface area contributed by atoms with Crippen molar-refractivity contribution in [3.05, 3.63) is 53.7 Å². The highest BCUT2D eigenvalue weighted by atomic mass is 35.5. The Kier molecular flexibility index (Phi) is 7.95. The molecule has 1 aromatic heterocycles. The van der Waals surface area contributed by atoms with Crippen LogP contribution in [0.5, 0.6) is 0 Å². The molecule has 3 heterocycles. The van der Waals surface area contributed by atoms with Crippen LogP contribution in [-0.2, 0) is 4.79 Å². The number of amides is 1. The molecule has 1 amide bonds. The fraction of sp³-hybridized carbons (Fsp3) is 0.500. The molecule has 8 nitrogen and oxygen atoms in total.